The molecule has 0 amide bonds. The lowest BCUT2D eigenvalue weighted by Gasteiger charge is -2.32. The fraction of sp³-hybridized carbons (Fsp3) is 0.500. The number of hydrogen-bond donors (Lipinski definition) is 0. The number of piperazine rings is 1. The van der Waals surface area contributed by atoms with Crippen molar-refractivity contribution < 1.29 is 8.78 Å². The zero-order chi connectivity index (χ0) is 11.5. The van der Waals surface area contributed by atoms with Crippen LogP contribution in [-0.4, -0.2) is 43.0 Å². The molecule has 0 aromatic heterocycles. The molecule has 0 saturated carbocycles. The van der Waals surface area contributed by atoms with Gasteiger partial charge in [-0.1, -0.05) is 6.07 Å². The van der Waals surface area contributed by atoms with Crippen LogP contribution in [0.4, 0.5) is 8.78 Å². The predicted molar refractivity (Wildman–Crippen MR) is 59.1 cm³/mol. The molecule has 1 saturated heterocycles. The molecule has 1 aromatic rings. The maximum atomic E-state index is 13.4. The number of rotatable bonds is 2. The first kappa shape index (κ1) is 11.5. The van der Waals surface area contributed by atoms with Crippen LogP contribution in [0.2, 0.25) is 0 Å². The highest BCUT2D eigenvalue weighted by Gasteiger charge is 2.17. The van der Waals surface area contributed by atoms with Gasteiger partial charge in [0, 0.05) is 38.3 Å². The molecular formula is C12H16F2N2. The highest BCUT2D eigenvalue weighted by molar-refractivity contribution is 5.19. The number of nitrogens with zero attached hydrogens (tertiary/aromatic N) is 2. The molecular weight excluding hydrogens is 210 g/mol. The predicted octanol–water partition coefficient (Wildman–Crippen LogP) is 1.71. The molecule has 4 heteroatoms. The van der Waals surface area contributed by atoms with Gasteiger partial charge in [0.1, 0.15) is 11.6 Å². The van der Waals surface area contributed by atoms with Crippen molar-refractivity contribution >= 4 is 0 Å². The van der Waals surface area contributed by atoms with Gasteiger partial charge in [-0.05, 0) is 19.2 Å². The van der Waals surface area contributed by atoms with Crippen molar-refractivity contribution in [2.45, 2.75) is 6.54 Å². The van der Waals surface area contributed by atoms with E-state index in [-0.39, 0.29) is 5.56 Å². The van der Waals surface area contributed by atoms with E-state index in [9.17, 15) is 8.78 Å². The molecule has 0 aliphatic carbocycles. The van der Waals surface area contributed by atoms with Crippen molar-refractivity contribution in [3.8, 4) is 0 Å². The van der Waals surface area contributed by atoms with E-state index in [1.165, 1.54) is 18.2 Å². The Bertz CT molecular complexity index is 340. The molecule has 0 atom stereocenters. The van der Waals surface area contributed by atoms with Crippen LogP contribution in [0.1, 0.15) is 5.56 Å². The van der Waals surface area contributed by atoms with Gasteiger partial charge in [0.2, 0.25) is 0 Å². The van der Waals surface area contributed by atoms with Crippen LogP contribution in [0.15, 0.2) is 18.2 Å². The molecule has 16 heavy (non-hydrogen) atoms. The highest BCUT2D eigenvalue weighted by Crippen LogP contribution is 2.15. The summed E-state index contributed by atoms with van der Waals surface area (Å²) in [5.41, 5.74) is 0.187. The maximum absolute atomic E-state index is 13.4. The lowest BCUT2D eigenvalue weighted by atomic mass is 10.1. The van der Waals surface area contributed by atoms with Crippen molar-refractivity contribution in [3.05, 3.63) is 35.4 Å². The van der Waals surface area contributed by atoms with Crippen LogP contribution in [0.25, 0.3) is 0 Å². The molecule has 1 fully saturated rings. The van der Waals surface area contributed by atoms with Gasteiger partial charge in [-0.15, -0.1) is 0 Å². The molecule has 1 aliphatic heterocycles. The van der Waals surface area contributed by atoms with E-state index in [2.05, 4.69) is 16.8 Å². The Kier molecular flexibility index (Phi) is 3.51. The van der Waals surface area contributed by atoms with Gasteiger partial charge in [-0.2, -0.15) is 0 Å². The average Bonchev–Trinajstić information content (AvgIpc) is 2.26. The van der Waals surface area contributed by atoms with Crippen LogP contribution in [0.3, 0.4) is 0 Å². The van der Waals surface area contributed by atoms with E-state index < -0.39 is 11.6 Å². The third-order valence-electron chi connectivity index (χ3n) is 3.04. The summed E-state index contributed by atoms with van der Waals surface area (Å²) in [6.07, 6.45) is 0. The second-order valence-electron chi connectivity index (χ2n) is 4.28. The molecule has 2 nitrogen and oxygen atoms in total. The lowest BCUT2D eigenvalue weighted by Crippen LogP contribution is -2.44. The number of halogens is 2. The van der Waals surface area contributed by atoms with E-state index in [0.29, 0.717) is 6.54 Å². The standard InChI is InChI=1S/C12H16F2N2/c1-15-5-7-16(8-6-15)9-10-11(13)3-2-4-12(10)14/h2-4H,5-9H2,1H3. The molecule has 0 spiro atoms. The van der Waals surface area contributed by atoms with E-state index in [1.807, 2.05) is 0 Å². The van der Waals surface area contributed by atoms with E-state index in [1.54, 1.807) is 0 Å². The van der Waals surface area contributed by atoms with Crippen LogP contribution < -0.4 is 0 Å². The fourth-order valence-electron chi connectivity index (χ4n) is 1.91. The minimum Gasteiger partial charge on any atom is -0.304 e. The molecule has 0 unspecified atom stereocenters. The maximum Gasteiger partial charge on any atom is 0.130 e. The van der Waals surface area contributed by atoms with Crippen molar-refractivity contribution in [2.24, 2.45) is 0 Å². The van der Waals surface area contributed by atoms with Gasteiger partial charge in [0.05, 0.1) is 0 Å². The van der Waals surface area contributed by atoms with E-state index in [0.717, 1.165) is 26.2 Å². The Balaban J connectivity index is 2.04. The highest BCUT2D eigenvalue weighted by atomic mass is 19.1. The summed E-state index contributed by atoms with van der Waals surface area (Å²) >= 11 is 0. The largest absolute Gasteiger partial charge is 0.304 e. The van der Waals surface area contributed by atoms with Crippen molar-refractivity contribution in [2.75, 3.05) is 33.2 Å². The normalized spacial score (nSPS) is 18.9. The van der Waals surface area contributed by atoms with Gasteiger partial charge in [0.25, 0.3) is 0 Å². The van der Waals surface area contributed by atoms with Gasteiger partial charge < -0.3 is 4.90 Å². The lowest BCUT2D eigenvalue weighted by molar-refractivity contribution is 0.145. The van der Waals surface area contributed by atoms with Gasteiger partial charge >= 0.3 is 0 Å². The topological polar surface area (TPSA) is 6.48 Å². The van der Waals surface area contributed by atoms with Crippen LogP contribution >= 0.6 is 0 Å². The second kappa shape index (κ2) is 4.89. The van der Waals surface area contributed by atoms with Crippen molar-refractivity contribution in [1.29, 1.82) is 0 Å². The second-order valence-corrected chi connectivity index (χ2v) is 4.28. The molecule has 1 aromatic carbocycles. The Morgan fingerprint density at radius 1 is 1.06 bits per heavy atom. The average molecular weight is 226 g/mol. The third kappa shape index (κ3) is 2.57. The Morgan fingerprint density at radius 3 is 2.19 bits per heavy atom. The summed E-state index contributed by atoms with van der Waals surface area (Å²) in [6, 6.07) is 4.03. The minimum absolute atomic E-state index is 0.187. The third-order valence-corrected chi connectivity index (χ3v) is 3.04. The number of hydrogen-bond acceptors (Lipinski definition) is 2. The van der Waals surface area contributed by atoms with Crippen molar-refractivity contribution in [1.82, 2.24) is 9.80 Å². The summed E-state index contributed by atoms with van der Waals surface area (Å²) in [5, 5.41) is 0. The summed E-state index contributed by atoms with van der Waals surface area (Å²) in [6.45, 7) is 4.01. The SMILES string of the molecule is CN1CCN(Cc2c(F)cccc2F)CC1. The van der Waals surface area contributed by atoms with Crippen LogP contribution in [0, 0.1) is 11.6 Å². The Labute approximate surface area is 94.5 Å². The molecule has 0 radical (unpaired) electrons. The molecule has 0 N–H and O–H groups in total. The molecule has 1 heterocycles. The van der Waals surface area contributed by atoms with E-state index in [4.69, 9.17) is 0 Å². The molecule has 2 rings (SSSR count). The zero-order valence-electron chi connectivity index (χ0n) is 9.42. The molecule has 88 valence electrons. The smallest absolute Gasteiger partial charge is 0.130 e. The summed E-state index contributed by atoms with van der Waals surface area (Å²) in [7, 11) is 2.06. The molecule has 1 aliphatic rings. The van der Waals surface area contributed by atoms with Gasteiger partial charge in [0.15, 0.2) is 0 Å². The first-order valence-corrected chi connectivity index (χ1v) is 5.50. The zero-order valence-corrected chi connectivity index (χ0v) is 9.42. The van der Waals surface area contributed by atoms with Crippen LogP contribution in [-0.2, 0) is 6.54 Å². The fourth-order valence-corrected chi connectivity index (χ4v) is 1.91. The molecule has 0 bridgehead atoms. The number of benzene rings is 1. The quantitative estimate of drug-likeness (QED) is 0.757. The number of likely N-dealkylation sites (N-methyl/N-ethyl adjacent to an activating group) is 1. The Morgan fingerprint density at radius 2 is 1.62 bits per heavy atom. The summed E-state index contributed by atoms with van der Waals surface area (Å²) in [5.74, 6) is -0.891. The minimum atomic E-state index is -0.445. The van der Waals surface area contributed by atoms with E-state index >= 15 is 0 Å². The summed E-state index contributed by atoms with van der Waals surface area (Å²) in [4.78, 5) is 4.30. The van der Waals surface area contributed by atoms with Gasteiger partial charge in [-0.3, -0.25) is 4.90 Å². The Hall–Kier alpha value is -1.00. The van der Waals surface area contributed by atoms with Crippen LogP contribution in [0.5, 0.6) is 0 Å². The first-order chi connectivity index (χ1) is 7.66. The monoisotopic (exact) mass is 226 g/mol. The summed E-state index contributed by atoms with van der Waals surface area (Å²) < 4.78 is 26.8. The van der Waals surface area contributed by atoms with Gasteiger partial charge in [-0.25, -0.2) is 8.78 Å². The van der Waals surface area contributed by atoms with Crippen molar-refractivity contribution in [3.63, 3.8) is 0 Å². The first-order valence-electron chi connectivity index (χ1n) is 5.50.